The number of rotatable bonds is 2. The van der Waals surface area contributed by atoms with Gasteiger partial charge >= 0.3 is 5.97 Å². The Morgan fingerprint density at radius 2 is 1.94 bits per heavy atom. The minimum atomic E-state index is -0.520. The van der Waals surface area contributed by atoms with E-state index in [9.17, 15) is 4.79 Å². The number of hydrogen-bond donors (Lipinski definition) is 0. The number of aliphatic imine (C=N–C) groups is 1. The van der Waals surface area contributed by atoms with E-state index in [-0.39, 0.29) is 0 Å². The maximum absolute atomic E-state index is 11.3. The highest BCUT2D eigenvalue weighted by Crippen LogP contribution is 2.12. The molecule has 1 aromatic carbocycles. The average molecular weight is 230 g/mol. The molecule has 0 aromatic heterocycles. The van der Waals surface area contributed by atoms with E-state index in [1.54, 1.807) is 45.0 Å². The Morgan fingerprint density at radius 3 is 2.41 bits per heavy atom. The van der Waals surface area contributed by atoms with Crippen molar-refractivity contribution in [3.8, 4) is 6.07 Å². The predicted octanol–water partition coefficient (Wildman–Crippen LogP) is 2.60. The summed E-state index contributed by atoms with van der Waals surface area (Å²) in [6, 6.07) is 8.62. The fourth-order valence-electron chi connectivity index (χ4n) is 1.08. The monoisotopic (exact) mass is 230 g/mol. The lowest BCUT2D eigenvalue weighted by Gasteiger charge is -2.17. The standard InChI is InChI=1S/C13H14N2O2/c1-13(2,3)17-12(16)9-15-11-6-4-10(8-14)5-7-11/h4-7,9H,1-3H3. The molecule has 4 nitrogen and oxygen atoms in total. The SMILES string of the molecule is CC(C)(C)OC(=O)C=Nc1ccc(C#N)cc1. The highest BCUT2D eigenvalue weighted by Gasteiger charge is 2.14. The summed E-state index contributed by atoms with van der Waals surface area (Å²) in [5.74, 6) is -0.484. The first-order chi connectivity index (χ1) is 7.90. The molecule has 0 heterocycles. The Kier molecular flexibility index (Phi) is 4.00. The Morgan fingerprint density at radius 1 is 1.35 bits per heavy atom. The molecule has 0 atom stereocenters. The van der Waals surface area contributed by atoms with Crippen LogP contribution in [0.3, 0.4) is 0 Å². The summed E-state index contributed by atoms with van der Waals surface area (Å²) in [6.45, 7) is 5.38. The topological polar surface area (TPSA) is 62.4 Å². The molecule has 0 saturated carbocycles. The van der Waals surface area contributed by atoms with Gasteiger partial charge in [0.15, 0.2) is 0 Å². The van der Waals surface area contributed by atoms with Crippen LogP contribution in [0.4, 0.5) is 5.69 Å². The summed E-state index contributed by atoms with van der Waals surface area (Å²) < 4.78 is 5.06. The Labute approximate surface area is 101 Å². The van der Waals surface area contributed by atoms with Crippen molar-refractivity contribution in [2.45, 2.75) is 26.4 Å². The molecule has 0 amide bonds. The molecule has 0 N–H and O–H groups in total. The summed E-state index contributed by atoms with van der Waals surface area (Å²) in [5.41, 5.74) is 0.643. The van der Waals surface area contributed by atoms with Gasteiger partial charge < -0.3 is 4.74 Å². The fourth-order valence-corrected chi connectivity index (χ4v) is 1.08. The number of esters is 1. The predicted molar refractivity (Wildman–Crippen MR) is 65.2 cm³/mol. The summed E-state index contributed by atoms with van der Waals surface area (Å²) in [5, 5.41) is 8.61. The van der Waals surface area contributed by atoms with E-state index >= 15 is 0 Å². The van der Waals surface area contributed by atoms with E-state index in [1.807, 2.05) is 6.07 Å². The quantitative estimate of drug-likeness (QED) is 0.579. The van der Waals surface area contributed by atoms with Crippen LogP contribution in [-0.4, -0.2) is 17.8 Å². The van der Waals surface area contributed by atoms with Gasteiger partial charge in [0.25, 0.3) is 0 Å². The van der Waals surface area contributed by atoms with Gasteiger partial charge in [0.05, 0.1) is 17.3 Å². The molecule has 0 aliphatic heterocycles. The zero-order valence-corrected chi connectivity index (χ0v) is 10.1. The number of hydrogen-bond acceptors (Lipinski definition) is 4. The van der Waals surface area contributed by atoms with Crippen molar-refractivity contribution in [1.82, 2.24) is 0 Å². The molecule has 1 aromatic rings. The molecule has 0 unspecified atom stereocenters. The molecule has 0 radical (unpaired) electrons. The van der Waals surface area contributed by atoms with Crippen molar-refractivity contribution >= 4 is 17.9 Å². The van der Waals surface area contributed by atoms with Crippen molar-refractivity contribution in [1.29, 1.82) is 5.26 Å². The lowest BCUT2D eigenvalue weighted by Crippen LogP contribution is -2.24. The Hall–Kier alpha value is -2.15. The second-order valence-corrected chi connectivity index (χ2v) is 4.45. The van der Waals surface area contributed by atoms with Crippen LogP contribution >= 0.6 is 0 Å². The number of nitriles is 1. The van der Waals surface area contributed by atoms with E-state index in [2.05, 4.69) is 4.99 Å². The maximum Gasteiger partial charge on any atom is 0.349 e. The molecule has 0 bridgehead atoms. The second-order valence-electron chi connectivity index (χ2n) is 4.45. The van der Waals surface area contributed by atoms with Crippen LogP contribution in [0.1, 0.15) is 26.3 Å². The molecular weight excluding hydrogens is 216 g/mol. The molecule has 88 valence electrons. The number of carbonyl (C=O) groups excluding carboxylic acids is 1. The summed E-state index contributed by atoms with van der Waals surface area (Å²) in [4.78, 5) is 15.3. The van der Waals surface area contributed by atoms with Crippen LogP contribution in [-0.2, 0) is 9.53 Å². The first-order valence-electron chi connectivity index (χ1n) is 5.18. The molecule has 4 heteroatoms. The van der Waals surface area contributed by atoms with Crippen molar-refractivity contribution in [2.75, 3.05) is 0 Å². The molecule has 0 spiro atoms. The molecular formula is C13H14N2O2. The summed E-state index contributed by atoms with van der Waals surface area (Å²) in [6.07, 6.45) is 1.13. The fraction of sp³-hybridized carbons (Fsp3) is 0.308. The highest BCUT2D eigenvalue weighted by atomic mass is 16.6. The first kappa shape index (κ1) is 12.9. The molecule has 0 aliphatic carbocycles. The van der Waals surface area contributed by atoms with Gasteiger partial charge in [-0.1, -0.05) is 0 Å². The lowest BCUT2D eigenvalue weighted by atomic mass is 10.2. The van der Waals surface area contributed by atoms with E-state index < -0.39 is 11.6 Å². The number of benzene rings is 1. The van der Waals surface area contributed by atoms with E-state index in [0.717, 1.165) is 6.21 Å². The van der Waals surface area contributed by atoms with Gasteiger partial charge in [-0.15, -0.1) is 0 Å². The van der Waals surface area contributed by atoms with Crippen molar-refractivity contribution in [2.24, 2.45) is 4.99 Å². The van der Waals surface area contributed by atoms with Crippen molar-refractivity contribution in [3.05, 3.63) is 29.8 Å². The van der Waals surface area contributed by atoms with E-state index in [4.69, 9.17) is 10.00 Å². The van der Waals surface area contributed by atoms with Crippen LogP contribution < -0.4 is 0 Å². The Balaban J connectivity index is 2.65. The van der Waals surface area contributed by atoms with Gasteiger partial charge in [-0.3, -0.25) is 0 Å². The van der Waals surface area contributed by atoms with Crippen molar-refractivity contribution in [3.63, 3.8) is 0 Å². The normalized spacial score (nSPS) is 11.2. The van der Waals surface area contributed by atoms with Crippen LogP contribution in [0.2, 0.25) is 0 Å². The van der Waals surface area contributed by atoms with Gasteiger partial charge in [0.1, 0.15) is 11.8 Å². The van der Waals surface area contributed by atoms with Crippen molar-refractivity contribution < 1.29 is 9.53 Å². The summed E-state index contributed by atoms with van der Waals surface area (Å²) >= 11 is 0. The van der Waals surface area contributed by atoms with Gasteiger partial charge in [0, 0.05) is 0 Å². The smallest absolute Gasteiger partial charge is 0.349 e. The van der Waals surface area contributed by atoms with Gasteiger partial charge in [-0.2, -0.15) is 5.26 Å². The van der Waals surface area contributed by atoms with Crippen LogP contribution in [0.15, 0.2) is 29.3 Å². The molecule has 17 heavy (non-hydrogen) atoms. The number of nitrogens with zero attached hydrogens (tertiary/aromatic N) is 2. The maximum atomic E-state index is 11.3. The molecule has 1 rings (SSSR count). The largest absolute Gasteiger partial charge is 0.456 e. The highest BCUT2D eigenvalue weighted by molar-refractivity contribution is 6.23. The summed E-state index contributed by atoms with van der Waals surface area (Å²) in [7, 11) is 0. The number of ether oxygens (including phenoxy) is 1. The zero-order valence-electron chi connectivity index (χ0n) is 10.1. The second kappa shape index (κ2) is 5.26. The third kappa shape index (κ3) is 4.94. The third-order valence-corrected chi connectivity index (χ3v) is 1.72. The molecule has 0 fully saturated rings. The van der Waals surface area contributed by atoms with E-state index in [0.29, 0.717) is 11.3 Å². The van der Waals surface area contributed by atoms with Crippen LogP contribution in [0, 0.1) is 11.3 Å². The van der Waals surface area contributed by atoms with Gasteiger partial charge in [0.2, 0.25) is 0 Å². The molecule has 0 aliphatic rings. The molecule has 0 saturated heterocycles. The number of carbonyl (C=O) groups is 1. The van der Waals surface area contributed by atoms with E-state index in [1.165, 1.54) is 0 Å². The Bertz CT molecular complexity index is 462. The van der Waals surface area contributed by atoms with Crippen LogP contribution in [0.5, 0.6) is 0 Å². The first-order valence-corrected chi connectivity index (χ1v) is 5.18. The van der Waals surface area contributed by atoms with Gasteiger partial charge in [-0.05, 0) is 45.0 Å². The minimum Gasteiger partial charge on any atom is -0.456 e. The van der Waals surface area contributed by atoms with Gasteiger partial charge in [-0.25, -0.2) is 9.79 Å². The average Bonchev–Trinajstić information content (AvgIpc) is 2.25. The lowest BCUT2D eigenvalue weighted by molar-refractivity contribution is -0.145. The zero-order chi connectivity index (χ0) is 12.9. The third-order valence-electron chi connectivity index (χ3n) is 1.72. The minimum absolute atomic E-state index is 0.484. The van der Waals surface area contributed by atoms with Crippen LogP contribution in [0.25, 0.3) is 0 Å².